The number of imide groups is 1. The number of carbonyl (C=O) groups is 8. The lowest BCUT2D eigenvalue weighted by molar-refractivity contribution is -0.149. The second-order valence-corrected chi connectivity index (χ2v) is 20.2. The zero-order valence-electron chi connectivity index (χ0n) is 42.5. The van der Waals surface area contributed by atoms with Crippen molar-refractivity contribution in [2.75, 3.05) is 41.4 Å². The van der Waals surface area contributed by atoms with Gasteiger partial charge in [-0.2, -0.15) is 0 Å². The largest absolute Gasteiger partial charge is 0.480 e. The average molecular weight is 969 g/mol. The lowest BCUT2D eigenvalue weighted by atomic mass is 9.89. The highest BCUT2D eigenvalue weighted by Gasteiger charge is 2.56. The fraction of sp³-hybridized carbons (Fsp3) is 0.686. The van der Waals surface area contributed by atoms with Gasteiger partial charge in [0.15, 0.2) is 0 Å². The summed E-state index contributed by atoms with van der Waals surface area (Å²) in [6.45, 7) is 13.6. The van der Waals surface area contributed by atoms with Gasteiger partial charge >= 0.3 is 5.97 Å². The standard InChI is InChI=1S/C51H77FN6O11/c1-12-32(6)45(56(9)49(65)43(30(2)3)54-48(64)44(31(4)5)55(8)39(59)20-14-13-17-25-57-40(60)21-22-41(57)61)38(68-10)27-42(62)58-29-51(23-24-51)28-37(58)46(69-11)33(7)47(63)53-36(50(66)67)26-34-18-15-16-19-35(34)52/h15-16,18-19,21-22,30-33,36-38,43-46H,12-14,17,20,23-29H2,1-11H3,(H,53,63)(H,54,64)(H,66,67)/t32-,33+,36-,37?,38?,43-,44?,45-,46?/m0/s1. The Balaban J connectivity index is 1.46. The van der Waals surface area contributed by atoms with Gasteiger partial charge in [-0.1, -0.05) is 79.5 Å². The van der Waals surface area contributed by atoms with Crippen molar-refractivity contribution in [2.24, 2.45) is 29.1 Å². The molecule has 2 aliphatic heterocycles. The third-order valence-electron chi connectivity index (χ3n) is 14.6. The summed E-state index contributed by atoms with van der Waals surface area (Å²) in [5, 5.41) is 15.5. The zero-order chi connectivity index (χ0) is 51.5. The van der Waals surface area contributed by atoms with Crippen molar-refractivity contribution in [3.8, 4) is 0 Å². The van der Waals surface area contributed by atoms with E-state index < -0.39 is 71.9 Å². The van der Waals surface area contributed by atoms with E-state index in [4.69, 9.17) is 9.47 Å². The minimum Gasteiger partial charge on any atom is -0.480 e. The molecule has 9 atom stereocenters. The molecule has 0 bridgehead atoms. The lowest BCUT2D eigenvalue weighted by Gasteiger charge is -2.41. The fourth-order valence-corrected chi connectivity index (χ4v) is 10.1. The number of amides is 7. The molecule has 18 heteroatoms. The van der Waals surface area contributed by atoms with E-state index in [1.165, 1.54) is 49.5 Å². The van der Waals surface area contributed by atoms with Crippen molar-refractivity contribution in [1.82, 2.24) is 30.2 Å². The number of aliphatic carboxylic acids is 1. The number of halogens is 1. The highest BCUT2D eigenvalue weighted by Crippen LogP contribution is 2.56. The number of likely N-dealkylation sites (N-methyl/N-ethyl adjacent to an activating group) is 2. The molecule has 1 aromatic rings. The van der Waals surface area contributed by atoms with Crippen molar-refractivity contribution in [2.45, 2.75) is 155 Å². The molecule has 1 spiro atoms. The van der Waals surface area contributed by atoms with Crippen molar-refractivity contribution < 1.29 is 57.3 Å². The SMILES string of the molecule is CC[C@H](C)[C@@H](C(CC(=O)N1CC2(CC2)CC1C(OC)[C@@H](C)C(=O)N[C@@H](Cc1ccccc1F)C(=O)O)OC)N(C)C(=O)[C@@H](NC(=O)C(C(C)C)N(C)C(=O)CCCCCN1C(=O)C=CC1=O)C(C)C. The molecule has 2 heterocycles. The Hall–Kier alpha value is -5.23. The summed E-state index contributed by atoms with van der Waals surface area (Å²) in [5.41, 5.74) is 0.00741. The molecule has 7 amide bonds. The van der Waals surface area contributed by atoms with Crippen molar-refractivity contribution >= 4 is 47.3 Å². The van der Waals surface area contributed by atoms with Crippen LogP contribution in [-0.2, 0) is 54.3 Å². The zero-order valence-corrected chi connectivity index (χ0v) is 42.5. The molecule has 69 heavy (non-hydrogen) atoms. The number of likely N-dealkylation sites (tertiary alicyclic amines) is 1. The predicted molar refractivity (Wildman–Crippen MR) is 255 cm³/mol. The summed E-state index contributed by atoms with van der Waals surface area (Å²) in [4.78, 5) is 112. The van der Waals surface area contributed by atoms with Crippen LogP contribution >= 0.6 is 0 Å². The Morgan fingerprint density at radius 1 is 0.870 bits per heavy atom. The number of carboxylic acid groups (broad SMARTS) is 1. The summed E-state index contributed by atoms with van der Waals surface area (Å²) in [6, 6.07) is 1.36. The highest BCUT2D eigenvalue weighted by atomic mass is 19.1. The molecule has 0 radical (unpaired) electrons. The third-order valence-corrected chi connectivity index (χ3v) is 14.6. The van der Waals surface area contributed by atoms with E-state index in [0.717, 1.165) is 17.7 Å². The van der Waals surface area contributed by atoms with Gasteiger partial charge in [0.1, 0.15) is 23.9 Å². The summed E-state index contributed by atoms with van der Waals surface area (Å²) < 4.78 is 26.5. The van der Waals surface area contributed by atoms with Crippen molar-refractivity contribution in [3.05, 3.63) is 47.8 Å². The first-order chi connectivity index (χ1) is 32.5. The number of hydrogen-bond donors (Lipinski definition) is 3. The molecular formula is C51H77FN6O11. The van der Waals surface area contributed by atoms with Crippen LogP contribution in [-0.4, -0.2) is 156 Å². The number of carbonyl (C=O) groups excluding carboxylic acids is 7. The van der Waals surface area contributed by atoms with Crippen LogP contribution in [0.4, 0.5) is 4.39 Å². The first-order valence-electron chi connectivity index (χ1n) is 24.5. The molecule has 1 aliphatic carbocycles. The molecule has 3 N–H and O–H groups in total. The first kappa shape index (κ1) is 56.4. The summed E-state index contributed by atoms with van der Waals surface area (Å²) in [5.74, 6) is -6.29. The second kappa shape index (κ2) is 25.1. The van der Waals surface area contributed by atoms with Gasteiger partial charge in [0, 0.05) is 66.4 Å². The molecule has 2 fully saturated rings. The van der Waals surface area contributed by atoms with E-state index >= 15 is 0 Å². The van der Waals surface area contributed by atoms with Gasteiger partial charge in [-0.25, -0.2) is 9.18 Å². The van der Waals surface area contributed by atoms with Gasteiger partial charge in [0.2, 0.25) is 29.5 Å². The number of nitrogens with one attached hydrogen (secondary N) is 2. The molecule has 4 unspecified atom stereocenters. The summed E-state index contributed by atoms with van der Waals surface area (Å²) >= 11 is 0. The maximum absolute atomic E-state index is 14.6. The summed E-state index contributed by atoms with van der Waals surface area (Å²) in [7, 11) is 6.17. The molecule has 1 aromatic carbocycles. The quantitative estimate of drug-likeness (QED) is 0.0833. The number of unbranched alkanes of at least 4 members (excludes halogenated alkanes) is 2. The van der Waals surface area contributed by atoms with Gasteiger partial charge < -0.3 is 39.9 Å². The summed E-state index contributed by atoms with van der Waals surface area (Å²) in [6.07, 6.45) is 5.29. The normalized spacial score (nSPS) is 19.8. The van der Waals surface area contributed by atoms with Crippen LogP contribution in [0.25, 0.3) is 0 Å². The van der Waals surface area contributed by atoms with Crippen LogP contribution < -0.4 is 10.6 Å². The van der Waals surface area contributed by atoms with E-state index in [0.29, 0.717) is 38.6 Å². The number of nitrogens with zero attached hydrogens (tertiary/aromatic N) is 4. The van der Waals surface area contributed by atoms with Crippen LogP contribution in [0.5, 0.6) is 0 Å². The highest BCUT2D eigenvalue weighted by molar-refractivity contribution is 6.12. The third kappa shape index (κ3) is 14.2. The number of benzene rings is 1. The number of methoxy groups -OCH3 is 2. The monoisotopic (exact) mass is 969 g/mol. The Morgan fingerprint density at radius 2 is 1.51 bits per heavy atom. The molecule has 0 aromatic heterocycles. The smallest absolute Gasteiger partial charge is 0.326 e. The van der Waals surface area contributed by atoms with Crippen LogP contribution in [0.3, 0.4) is 0 Å². The number of hydrogen-bond acceptors (Lipinski definition) is 10. The lowest BCUT2D eigenvalue weighted by Crippen LogP contribution is -2.60. The van der Waals surface area contributed by atoms with Crippen molar-refractivity contribution in [1.29, 1.82) is 0 Å². The van der Waals surface area contributed by atoms with Crippen LogP contribution in [0, 0.1) is 34.9 Å². The molecule has 4 rings (SSSR count). The Labute approximate surface area is 407 Å². The number of carboxylic acids is 1. The first-order valence-corrected chi connectivity index (χ1v) is 24.5. The van der Waals surface area contributed by atoms with E-state index in [9.17, 15) is 47.9 Å². The second-order valence-electron chi connectivity index (χ2n) is 20.2. The van der Waals surface area contributed by atoms with Gasteiger partial charge in [-0.15, -0.1) is 0 Å². The van der Waals surface area contributed by atoms with E-state index in [1.54, 1.807) is 36.9 Å². The fourth-order valence-electron chi connectivity index (χ4n) is 10.1. The van der Waals surface area contributed by atoms with E-state index in [1.807, 2.05) is 41.5 Å². The maximum Gasteiger partial charge on any atom is 0.326 e. The predicted octanol–water partition coefficient (Wildman–Crippen LogP) is 4.36. The average Bonchev–Trinajstić information content (AvgIpc) is 3.85. The van der Waals surface area contributed by atoms with Gasteiger partial charge in [0.25, 0.3) is 11.8 Å². The molecule has 3 aliphatic rings. The van der Waals surface area contributed by atoms with E-state index in [-0.39, 0.29) is 84.1 Å². The molecule has 17 nitrogen and oxygen atoms in total. The molecule has 1 saturated carbocycles. The van der Waals surface area contributed by atoms with Gasteiger partial charge in [-0.3, -0.25) is 38.5 Å². The van der Waals surface area contributed by atoms with Gasteiger partial charge in [-0.05, 0) is 66.9 Å². The Bertz CT molecular complexity index is 2020. The van der Waals surface area contributed by atoms with Crippen LogP contribution in [0.2, 0.25) is 0 Å². The Morgan fingerprint density at radius 3 is 2.04 bits per heavy atom. The molecule has 1 saturated heterocycles. The minimum atomic E-state index is -1.41. The number of ether oxygens (including phenoxy) is 2. The van der Waals surface area contributed by atoms with Crippen LogP contribution in [0.1, 0.15) is 112 Å². The molecule has 384 valence electrons. The Kier molecular flexibility index (Phi) is 20.5. The van der Waals surface area contributed by atoms with Gasteiger partial charge in [0.05, 0.1) is 36.6 Å². The molecular weight excluding hydrogens is 892 g/mol. The number of rotatable bonds is 27. The minimum absolute atomic E-state index is 0.108. The van der Waals surface area contributed by atoms with Crippen LogP contribution in [0.15, 0.2) is 36.4 Å². The van der Waals surface area contributed by atoms with Crippen molar-refractivity contribution in [3.63, 3.8) is 0 Å². The van der Waals surface area contributed by atoms with E-state index in [2.05, 4.69) is 10.6 Å². The maximum atomic E-state index is 14.6. The topological polar surface area (TPSA) is 212 Å².